The maximum absolute atomic E-state index is 14.4. The third-order valence-electron chi connectivity index (χ3n) is 16.6. The first-order valence-electron chi connectivity index (χ1n) is 26.1. The highest BCUT2D eigenvalue weighted by atomic mass is 35.5. The first kappa shape index (κ1) is 53.3. The molecule has 2 saturated carbocycles. The second-order valence-electron chi connectivity index (χ2n) is 24.0. The number of nitrogens with zero attached hydrogens (tertiary/aromatic N) is 6. The number of anilines is 1. The number of aliphatic hydroxyl groups is 1. The summed E-state index contributed by atoms with van der Waals surface area (Å²) in [6.07, 6.45) is 8.80. The third-order valence-corrected chi connectivity index (χ3v) is 17.9. The van der Waals surface area contributed by atoms with Crippen LogP contribution in [-0.2, 0) is 9.59 Å². The summed E-state index contributed by atoms with van der Waals surface area (Å²) in [6, 6.07) is 16.0. The number of carbonyl (C=O) groups is 3. The summed E-state index contributed by atoms with van der Waals surface area (Å²) in [5.74, 6) is 3.49. The fourth-order valence-corrected chi connectivity index (χ4v) is 13.8. The summed E-state index contributed by atoms with van der Waals surface area (Å²) in [6.45, 7) is 29.2. The van der Waals surface area contributed by atoms with Gasteiger partial charge in [0, 0.05) is 111 Å². The maximum atomic E-state index is 14.4. The van der Waals surface area contributed by atoms with Crippen molar-refractivity contribution in [1.82, 2.24) is 40.6 Å². The summed E-state index contributed by atoms with van der Waals surface area (Å²) in [5.41, 5.74) is 5.90. The topological polar surface area (TPSA) is 156 Å². The summed E-state index contributed by atoms with van der Waals surface area (Å²) in [5, 5.41) is 21.2. The van der Waals surface area contributed by atoms with Crippen molar-refractivity contribution in [1.29, 1.82) is 0 Å². The molecule has 9 rings (SSSR count). The van der Waals surface area contributed by atoms with Crippen LogP contribution in [0.5, 0.6) is 5.75 Å². The van der Waals surface area contributed by atoms with Crippen molar-refractivity contribution in [3.05, 3.63) is 106 Å². The molecule has 394 valence electrons. The Bertz CT molecular complexity index is 2760. The van der Waals surface area contributed by atoms with Crippen LogP contribution in [0.15, 0.2) is 78.6 Å². The number of rotatable bonds is 15. The van der Waals surface area contributed by atoms with E-state index in [1.54, 1.807) is 34.6 Å². The molecular formula is C58H74ClN9O5S. The zero-order valence-electron chi connectivity index (χ0n) is 44.5. The molecule has 5 heterocycles. The lowest BCUT2D eigenvalue weighted by Gasteiger charge is -2.63. The quantitative estimate of drug-likeness (QED) is 0.0867. The summed E-state index contributed by atoms with van der Waals surface area (Å²) >= 11 is 7.96. The number of aryl methyl sites for hydroxylation is 1. The average molecular weight is 1040 g/mol. The molecule has 0 bridgehead atoms. The Hall–Kier alpha value is -5.50. The molecule has 4 aromatic rings. The van der Waals surface area contributed by atoms with Crippen molar-refractivity contribution in [2.45, 2.75) is 124 Å². The van der Waals surface area contributed by atoms with Gasteiger partial charge in [-0.25, -0.2) is 9.97 Å². The van der Waals surface area contributed by atoms with Gasteiger partial charge in [-0.15, -0.1) is 17.8 Å². The van der Waals surface area contributed by atoms with E-state index in [1.165, 1.54) is 12.8 Å². The van der Waals surface area contributed by atoms with E-state index < -0.39 is 23.6 Å². The van der Waals surface area contributed by atoms with E-state index in [1.807, 2.05) is 82.6 Å². The predicted octanol–water partition coefficient (Wildman–Crippen LogP) is 7.70. The lowest BCUT2D eigenvalue weighted by atomic mass is 9.49. The largest absolute Gasteiger partial charge is 0.489 e. The zero-order chi connectivity index (χ0) is 53.1. The molecule has 16 heteroatoms. The van der Waals surface area contributed by atoms with E-state index >= 15 is 0 Å². The number of β-amino-alcohol motifs (C(OH)–C–C–N with tert-alkyl or cyclic N) is 1. The number of piperazine rings is 1. The minimum absolute atomic E-state index is 0.0990. The Morgan fingerprint density at radius 1 is 0.986 bits per heavy atom. The predicted molar refractivity (Wildman–Crippen MR) is 293 cm³/mol. The van der Waals surface area contributed by atoms with Crippen LogP contribution in [0.3, 0.4) is 0 Å². The van der Waals surface area contributed by atoms with E-state index in [9.17, 15) is 19.5 Å². The van der Waals surface area contributed by atoms with Crippen molar-refractivity contribution >= 4 is 46.5 Å². The molecule has 14 nitrogen and oxygen atoms in total. The number of aliphatic hydroxyl groups excluding tert-OH is 1. The van der Waals surface area contributed by atoms with Gasteiger partial charge in [-0.05, 0) is 67.5 Å². The van der Waals surface area contributed by atoms with Crippen molar-refractivity contribution in [3.8, 4) is 28.5 Å². The lowest BCUT2D eigenvalue weighted by Crippen LogP contribution is -2.74. The minimum Gasteiger partial charge on any atom is -0.489 e. The molecule has 1 unspecified atom stereocenters. The van der Waals surface area contributed by atoms with Gasteiger partial charge in [0.2, 0.25) is 11.8 Å². The monoisotopic (exact) mass is 1040 g/mol. The first-order chi connectivity index (χ1) is 35.0. The number of terminal acetylenes is 1. The van der Waals surface area contributed by atoms with Crippen LogP contribution in [0.25, 0.3) is 10.4 Å². The number of ether oxygens (including phenoxy) is 1. The number of amides is 3. The number of carbonyl (C=O) groups excluding carboxylic acids is 3. The Morgan fingerprint density at radius 3 is 2.27 bits per heavy atom. The van der Waals surface area contributed by atoms with E-state index in [4.69, 9.17) is 27.7 Å². The minimum atomic E-state index is -0.792. The number of likely N-dealkylation sites (tertiary alicyclic amines) is 1. The number of benzene rings is 2. The molecule has 1 spiro atoms. The number of pyridine rings is 1. The highest BCUT2D eigenvalue weighted by Gasteiger charge is 2.64. The van der Waals surface area contributed by atoms with Crippen LogP contribution in [0.2, 0.25) is 5.02 Å². The highest BCUT2D eigenvalue weighted by molar-refractivity contribution is 7.13. The molecule has 3 saturated heterocycles. The summed E-state index contributed by atoms with van der Waals surface area (Å²) < 4.78 is 6.44. The standard InChI is InChI=1S/C58H74ClN9O5S/c1-12-38-17-19-44(26-45(38)59)73-54-56(8,9)53(57(54,10)11)64-50(70)41-18-20-47(60-29-41)67-32-58(33-67)27-42(28-58)66-23-21-65(22-24-66)30-35(2)62-49(55(5,6)7)52(72)68-31-43(69)25-46(68)51(71)63-36(3)39-13-15-40(16-14-39)48-37(4)61-34-74-48/h1,13-20,26,29,34,36,42-43,46,49,53-54,62,69H,2,21-25,27-28,30-33H2,3-11H3,(H,63,71)(H,64,70)/t36-,43+,46?,49+,53?,54?/m0/s1. The van der Waals surface area contributed by atoms with Crippen molar-refractivity contribution in [2.24, 2.45) is 21.7 Å². The molecule has 2 aromatic carbocycles. The van der Waals surface area contributed by atoms with E-state index in [-0.39, 0.29) is 59.7 Å². The van der Waals surface area contributed by atoms with Gasteiger partial charge < -0.3 is 35.6 Å². The van der Waals surface area contributed by atoms with Gasteiger partial charge in [0.1, 0.15) is 29.8 Å². The van der Waals surface area contributed by atoms with Crippen molar-refractivity contribution < 1.29 is 24.2 Å². The zero-order valence-corrected chi connectivity index (χ0v) is 46.1. The molecule has 0 radical (unpaired) electrons. The molecular weight excluding hydrogens is 970 g/mol. The number of thiazole rings is 1. The van der Waals surface area contributed by atoms with E-state index in [2.05, 4.69) is 75.8 Å². The molecule has 3 aliphatic heterocycles. The smallest absolute Gasteiger partial charge is 0.253 e. The molecule has 5 aliphatic rings. The van der Waals surface area contributed by atoms with Gasteiger partial charge in [0.25, 0.3) is 5.91 Å². The van der Waals surface area contributed by atoms with Gasteiger partial charge in [0.15, 0.2) is 0 Å². The number of nitrogens with one attached hydrogen (secondary N) is 3. The highest BCUT2D eigenvalue weighted by Crippen LogP contribution is 2.56. The molecule has 2 aliphatic carbocycles. The SMILES string of the molecule is C#Cc1ccc(OC2C(C)(C)C(NC(=O)c3ccc(N4CC5(CC(N6CCN(CC(=C)N[C@H](C(=O)N7C[C@H](O)CC7C(=O)N[C@@H](C)c7ccc(-c8scnc8C)cc7)C(C)(C)C)CC6)C5)C4)nc3)C2(C)C)cc1Cl. The fraction of sp³-hybridized carbons (Fsp3) is 0.534. The third kappa shape index (κ3) is 10.7. The maximum Gasteiger partial charge on any atom is 0.253 e. The second kappa shape index (κ2) is 20.6. The Labute approximate surface area is 446 Å². The van der Waals surface area contributed by atoms with E-state index in [0.29, 0.717) is 39.9 Å². The number of aromatic nitrogens is 2. The fourth-order valence-electron chi connectivity index (χ4n) is 12.7. The molecule has 2 aromatic heterocycles. The molecule has 4 N–H and O–H groups in total. The lowest BCUT2D eigenvalue weighted by molar-refractivity contribution is -0.164. The number of hydrogen-bond donors (Lipinski definition) is 4. The molecule has 5 fully saturated rings. The van der Waals surface area contributed by atoms with Gasteiger partial charge >= 0.3 is 0 Å². The van der Waals surface area contributed by atoms with Gasteiger partial charge in [-0.2, -0.15) is 0 Å². The van der Waals surface area contributed by atoms with E-state index in [0.717, 1.165) is 72.5 Å². The summed E-state index contributed by atoms with van der Waals surface area (Å²) in [7, 11) is 0. The van der Waals surface area contributed by atoms with Crippen LogP contribution in [0.4, 0.5) is 5.82 Å². The van der Waals surface area contributed by atoms with Crippen molar-refractivity contribution in [2.75, 3.05) is 57.3 Å². The Balaban J connectivity index is 0.701. The Kier molecular flexibility index (Phi) is 14.8. The average Bonchev–Trinajstić information content (AvgIpc) is 3.95. The molecule has 3 amide bonds. The number of halogens is 1. The molecule has 4 atom stereocenters. The van der Waals surface area contributed by atoms with Crippen LogP contribution in [0, 0.1) is 40.9 Å². The number of hydrogen-bond acceptors (Lipinski definition) is 12. The summed E-state index contributed by atoms with van der Waals surface area (Å²) in [4.78, 5) is 60.9. The van der Waals surface area contributed by atoms with Gasteiger partial charge in [0.05, 0.1) is 38.8 Å². The van der Waals surface area contributed by atoms with Gasteiger partial charge in [-0.3, -0.25) is 24.2 Å². The first-order valence-corrected chi connectivity index (χ1v) is 27.4. The Morgan fingerprint density at radius 2 is 1.68 bits per heavy atom. The van der Waals surface area contributed by atoms with Crippen molar-refractivity contribution in [3.63, 3.8) is 0 Å². The second-order valence-corrected chi connectivity index (χ2v) is 25.3. The molecule has 74 heavy (non-hydrogen) atoms. The van der Waals surface area contributed by atoms with Crippen LogP contribution >= 0.6 is 22.9 Å². The van der Waals surface area contributed by atoms with Crippen LogP contribution in [0.1, 0.15) is 108 Å². The van der Waals surface area contributed by atoms with Crippen LogP contribution < -0.4 is 25.6 Å². The normalized spacial score (nSPS) is 24.1. The van der Waals surface area contributed by atoms with Gasteiger partial charge in [-0.1, -0.05) is 96.8 Å². The van der Waals surface area contributed by atoms with Crippen LogP contribution in [-0.4, -0.2) is 136 Å².